The summed E-state index contributed by atoms with van der Waals surface area (Å²) in [7, 11) is 0. The van der Waals surface area contributed by atoms with E-state index in [0.29, 0.717) is 11.6 Å². The first-order chi connectivity index (χ1) is 17.3. The van der Waals surface area contributed by atoms with Crippen LogP contribution in [0.25, 0.3) is 0 Å². The first-order valence-electron chi connectivity index (χ1n) is 13.0. The molecule has 36 heavy (non-hydrogen) atoms. The molecule has 2 saturated heterocycles. The molecular formula is C29H38N4O3. The van der Waals surface area contributed by atoms with Crippen molar-refractivity contribution < 1.29 is 14.4 Å². The Morgan fingerprint density at radius 3 is 2.42 bits per heavy atom. The van der Waals surface area contributed by atoms with E-state index in [1.165, 1.54) is 12.6 Å². The van der Waals surface area contributed by atoms with Crippen molar-refractivity contribution in [2.24, 2.45) is 0 Å². The number of piperidine rings is 1. The third-order valence-corrected chi connectivity index (χ3v) is 7.37. The van der Waals surface area contributed by atoms with Gasteiger partial charge in [-0.05, 0) is 62.9 Å². The molecular weight excluding hydrogens is 452 g/mol. The zero-order valence-electron chi connectivity index (χ0n) is 21.7. The number of nitrogens with one attached hydrogen (secondary N) is 2. The molecule has 2 aliphatic heterocycles. The van der Waals surface area contributed by atoms with E-state index in [2.05, 4.69) is 32.6 Å². The van der Waals surface area contributed by atoms with E-state index < -0.39 is 0 Å². The molecule has 2 fully saturated rings. The van der Waals surface area contributed by atoms with Gasteiger partial charge in [-0.15, -0.1) is 0 Å². The Labute approximate surface area is 214 Å². The van der Waals surface area contributed by atoms with Crippen molar-refractivity contribution in [2.45, 2.75) is 65.0 Å². The maximum absolute atomic E-state index is 12.5. The molecule has 0 spiro atoms. The van der Waals surface area contributed by atoms with Crippen molar-refractivity contribution in [3.05, 3.63) is 59.2 Å². The van der Waals surface area contributed by atoms with Crippen molar-refractivity contribution >= 4 is 29.0 Å². The predicted molar refractivity (Wildman–Crippen MR) is 144 cm³/mol. The minimum atomic E-state index is -0.0532. The standard InChI is InChI=1S/C29H38N4O3/c1-20-5-4-6-23(17-20)28(35)9-10-29(36)31-24-11-14-33(19-24)25-12-15-32(16-13-25)26-7-8-27(21(2)18-26)30-22(3)34/h4-8,17-18,24-25H,9-16,19H2,1-3H3,(H,30,34)(H,31,36)/t24-/m1/s1. The summed E-state index contributed by atoms with van der Waals surface area (Å²) < 4.78 is 0. The van der Waals surface area contributed by atoms with Crippen molar-refractivity contribution in [1.29, 1.82) is 0 Å². The van der Waals surface area contributed by atoms with Crippen molar-refractivity contribution in [2.75, 3.05) is 36.4 Å². The highest BCUT2D eigenvalue weighted by Gasteiger charge is 2.31. The quantitative estimate of drug-likeness (QED) is 0.545. The summed E-state index contributed by atoms with van der Waals surface area (Å²) in [5, 5.41) is 6.03. The number of ketones is 1. The molecule has 2 aromatic rings. The SMILES string of the molecule is CC(=O)Nc1ccc(N2CCC(N3CC[C@@H](NC(=O)CCC(=O)c4cccc(C)c4)C3)CC2)cc1C. The Hall–Kier alpha value is -3.19. The van der Waals surface area contributed by atoms with Gasteiger partial charge in [0.25, 0.3) is 0 Å². The van der Waals surface area contributed by atoms with Gasteiger partial charge in [-0.25, -0.2) is 0 Å². The molecule has 0 bridgehead atoms. The van der Waals surface area contributed by atoms with E-state index in [0.717, 1.165) is 62.3 Å². The number of amides is 2. The molecule has 2 heterocycles. The summed E-state index contributed by atoms with van der Waals surface area (Å²) in [6.45, 7) is 9.40. The second kappa shape index (κ2) is 11.7. The zero-order valence-corrected chi connectivity index (χ0v) is 21.7. The van der Waals surface area contributed by atoms with E-state index in [1.54, 1.807) is 0 Å². The molecule has 2 amide bonds. The van der Waals surface area contributed by atoms with Gasteiger partial charge in [0.2, 0.25) is 11.8 Å². The first kappa shape index (κ1) is 25.9. The second-order valence-electron chi connectivity index (χ2n) is 10.2. The monoisotopic (exact) mass is 490 g/mol. The van der Waals surface area contributed by atoms with Crippen LogP contribution in [0, 0.1) is 13.8 Å². The molecule has 4 rings (SSSR count). The van der Waals surface area contributed by atoms with Crippen molar-refractivity contribution in [3.8, 4) is 0 Å². The molecule has 0 unspecified atom stereocenters. The summed E-state index contributed by atoms with van der Waals surface area (Å²) in [5.74, 6) is -0.0631. The molecule has 0 aromatic heterocycles. The molecule has 2 N–H and O–H groups in total. The average molecular weight is 491 g/mol. The van der Waals surface area contributed by atoms with Crippen LogP contribution in [-0.2, 0) is 9.59 Å². The molecule has 192 valence electrons. The minimum absolute atomic E-state index is 0.0219. The maximum Gasteiger partial charge on any atom is 0.221 e. The number of likely N-dealkylation sites (tertiary alicyclic amines) is 1. The number of hydrogen-bond acceptors (Lipinski definition) is 5. The van der Waals surface area contributed by atoms with Crippen LogP contribution in [0.5, 0.6) is 0 Å². The fourth-order valence-corrected chi connectivity index (χ4v) is 5.39. The largest absolute Gasteiger partial charge is 0.371 e. The van der Waals surface area contributed by atoms with Crippen LogP contribution >= 0.6 is 0 Å². The molecule has 0 aliphatic carbocycles. The van der Waals surface area contributed by atoms with Crippen LogP contribution in [0.1, 0.15) is 60.5 Å². The summed E-state index contributed by atoms with van der Waals surface area (Å²) in [6.07, 6.45) is 3.63. The maximum atomic E-state index is 12.5. The van der Waals surface area contributed by atoms with Crippen molar-refractivity contribution in [1.82, 2.24) is 10.2 Å². The third-order valence-electron chi connectivity index (χ3n) is 7.37. The third kappa shape index (κ3) is 6.72. The molecule has 2 aromatic carbocycles. The van der Waals surface area contributed by atoms with Gasteiger partial charge in [0, 0.05) is 75.0 Å². The number of benzene rings is 2. The number of aryl methyl sites for hydroxylation is 2. The molecule has 0 saturated carbocycles. The molecule has 7 heteroatoms. The second-order valence-corrected chi connectivity index (χ2v) is 10.2. The van der Waals surface area contributed by atoms with Crippen LogP contribution in [0.15, 0.2) is 42.5 Å². The van der Waals surface area contributed by atoms with E-state index in [9.17, 15) is 14.4 Å². The normalized spacial score (nSPS) is 18.8. The summed E-state index contributed by atoms with van der Waals surface area (Å²) in [6, 6.07) is 14.5. The van der Waals surface area contributed by atoms with Crippen LogP contribution < -0.4 is 15.5 Å². The Bertz CT molecular complexity index is 1110. The minimum Gasteiger partial charge on any atom is -0.371 e. The topological polar surface area (TPSA) is 81.8 Å². The van der Waals surface area contributed by atoms with Gasteiger partial charge in [-0.2, -0.15) is 0 Å². The molecule has 2 aliphatic rings. The number of carbonyl (C=O) groups is 3. The number of Topliss-reactive ketones (excluding diaryl/α,β-unsaturated/α-hetero) is 1. The van der Waals surface area contributed by atoms with Crippen LogP contribution in [-0.4, -0.2) is 60.8 Å². The van der Waals surface area contributed by atoms with Gasteiger partial charge in [-0.1, -0.05) is 23.8 Å². The van der Waals surface area contributed by atoms with Gasteiger partial charge in [0.1, 0.15) is 0 Å². The van der Waals surface area contributed by atoms with Gasteiger partial charge in [0.15, 0.2) is 5.78 Å². The lowest BCUT2D eigenvalue weighted by Crippen LogP contribution is -2.45. The fourth-order valence-electron chi connectivity index (χ4n) is 5.39. The Balaban J connectivity index is 1.19. The summed E-state index contributed by atoms with van der Waals surface area (Å²) in [5.41, 5.74) is 4.87. The zero-order chi connectivity index (χ0) is 25.7. The number of anilines is 2. The fraction of sp³-hybridized carbons (Fsp3) is 0.483. The Morgan fingerprint density at radius 1 is 0.944 bits per heavy atom. The number of hydrogen-bond donors (Lipinski definition) is 2. The smallest absolute Gasteiger partial charge is 0.221 e. The van der Waals surface area contributed by atoms with Crippen LogP contribution in [0.4, 0.5) is 11.4 Å². The molecule has 7 nitrogen and oxygen atoms in total. The lowest BCUT2D eigenvalue weighted by molar-refractivity contribution is -0.121. The van der Waals surface area contributed by atoms with E-state index in [1.807, 2.05) is 44.2 Å². The lowest BCUT2D eigenvalue weighted by Gasteiger charge is -2.38. The van der Waals surface area contributed by atoms with Gasteiger partial charge in [-0.3, -0.25) is 19.3 Å². The molecule has 0 radical (unpaired) electrons. The number of rotatable bonds is 8. The highest BCUT2D eigenvalue weighted by Crippen LogP contribution is 2.28. The van der Waals surface area contributed by atoms with Gasteiger partial charge < -0.3 is 15.5 Å². The number of carbonyl (C=O) groups excluding carboxylic acids is 3. The lowest BCUT2D eigenvalue weighted by atomic mass is 10.0. The van der Waals surface area contributed by atoms with Crippen molar-refractivity contribution in [3.63, 3.8) is 0 Å². The number of nitrogens with zero attached hydrogens (tertiary/aromatic N) is 2. The average Bonchev–Trinajstić information content (AvgIpc) is 3.32. The van der Waals surface area contributed by atoms with E-state index in [-0.39, 0.29) is 36.5 Å². The van der Waals surface area contributed by atoms with Crippen LogP contribution in [0.3, 0.4) is 0 Å². The van der Waals surface area contributed by atoms with Crippen LogP contribution in [0.2, 0.25) is 0 Å². The highest BCUT2D eigenvalue weighted by molar-refractivity contribution is 5.98. The summed E-state index contributed by atoms with van der Waals surface area (Å²) in [4.78, 5) is 41.2. The van der Waals surface area contributed by atoms with Gasteiger partial charge >= 0.3 is 0 Å². The van der Waals surface area contributed by atoms with E-state index >= 15 is 0 Å². The Kier molecular flexibility index (Phi) is 8.41. The predicted octanol–water partition coefficient (Wildman–Crippen LogP) is 4.08. The molecule has 1 atom stereocenters. The van der Waals surface area contributed by atoms with E-state index in [4.69, 9.17) is 0 Å². The Morgan fingerprint density at radius 2 is 1.72 bits per heavy atom. The first-order valence-corrected chi connectivity index (χ1v) is 13.0. The summed E-state index contributed by atoms with van der Waals surface area (Å²) >= 11 is 0. The van der Waals surface area contributed by atoms with Gasteiger partial charge in [0.05, 0.1) is 0 Å². The highest BCUT2D eigenvalue weighted by atomic mass is 16.2.